The molecule has 0 saturated heterocycles. The molecule has 0 spiro atoms. The zero-order valence-electron chi connectivity index (χ0n) is 10.1. The lowest BCUT2D eigenvalue weighted by molar-refractivity contribution is 0.286. The Hall–Kier alpha value is -1.67. The van der Waals surface area contributed by atoms with Gasteiger partial charge in [-0.2, -0.15) is 0 Å². The van der Waals surface area contributed by atoms with E-state index in [4.69, 9.17) is 16.3 Å². The van der Waals surface area contributed by atoms with Crippen LogP contribution in [0.25, 0.3) is 0 Å². The smallest absolute Gasteiger partial charge is 0.144 e. The third-order valence-electron chi connectivity index (χ3n) is 3.16. The number of rotatable bonds is 1. The third-order valence-corrected chi connectivity index (χ3v) is 3.39. The Balaban J connectivity index is 1.86. The number of nitrogens with one attached hydrogen (secondary N) is 1. The summed E-state index contributed by atoms with van der Waals surface area (Å²) in [5.74, 6) is 0.825. The van der Waals surface area contributed by atoms with Gasteiger partial charge in [0.2, 0.25) is 0 Å². The van der Waals surface area contributed by atoms with Crippen molar-refractivity contribution in [1.29, 1.82) is 0 Å². The lowest BCUT2D eigenvalue weighted by atomic mass is 10.0. The monoisotopic (exact) mass is 259 g/mol. The number of anilines is 1. The van der Waals surface area contributed by atoms with Gasteiger partial charge in [0.25, 0.3) is 0 Å². The summed E-state index contributed by atoms with van der Waals surface area (Å²) in [4.78, 5) is 0. The second-order valence-corrected chi connectivity index (χ2v) is 5.00. The van der Waals surface area contributed by atoms with E-state index in [0.717, 1.165) is 11.4 Å². The molecule has 18 heavy (non-hydrogen) atoms. The summed E-state index contributed by atoms with van der Waals surface area (Å²) in [6.45, 7) is 2.71. The second kappa shape index (κ2) is 4.54. The summed E-state index contributed by atoms with van der Waals surface area (Å²) in [6.07, 6.45) is 0. The van der Waals surface area contributed by atoms with Crippen LogP contribution in [0.5, 0.6) is 5.75 Å². The highest BCUT2D eigenvalue weighted by Gasteiger charge is 2.20. The normalized spacial score (nSPS) is 17.6. The average molecular weight is 260 g/mol. The van der Waals surface area contributed by atoms with Crippen LogP contribution in [0, 0.1) is 6.92 Å². The van der Waals surface area contributed by atoms with Crippen molar-refractivity contribution in [3.05, 3.63) is 58.6 Å². The maximum Gasteiger partial charge on any atom is 0.144 e. The predicted octanol–water partition coefficient (Wildman–Crippen LogP) is 4.19. The van der Waals surface area contributed by atoms with E-state index in [1.807, 2.05) is 18.2 Å². The number of fused-ring (bicyclic) bond motifs is 1. The highest BCUT2D eigenvalue weighted by molar-refractivity contribution is 6.30. The Morgan fingerprint density at radius 3 is 2.72 bits per heavy atom. The molecule has 2 nitrogen and oxygen atoms in total. The molecule has 1 atom stereocenters. The Bertz CT molecular complexity index is 565. The molecule has 2 aromatic rings. The van der Waals surface area contributed by atoms with E-state index in [1.54, 1.807) is 0 Å². The second-order valence-electron chi connectivity index (χ2n) is 4.56. The highest BCUT2D eigenvalue weighted by atomic mass is 35.5. The summed E-state index contributed by atoms with van der Waals surface area (Å²) in [6, 6.07) is 14.4. The van der Waals surface area contributed by atoms with Crippen LogP contribution in [0.1, 0.15) is 17.2 Å². The molecule has 0 amide bonds. The Labute approximate surface area is 112 Å². The van der Waals surface area contributed by atoms with Crippen molar-refractivity contribution in [2.45, 2.75) is 13.0 Å². The lowest BCUT2D eigenvalue weighted by Gasteiger charge is -2.28. The van der Waals surface area contributed by atoms with Gasteiger partial charge >= 0.3 is 0 Å². The molecule has 0 bridgehead atoms. The molecule has 92 valence electrons. The zero-order valence-corrected chi connectivity index (χ0v) is 10.9. The van der Waals surface area contributed by atoms with E-state index >= 15 is 0 Å². The van der Waals surface area contributed by atoms with Gasteiger partial charge in [-0.1, -0.05) is 41.4 Å². The Morgan fingerprint density at radius 1 is 1.17 bits per heavy atom. The summed E-state index contributed by atoms with van der Waals surface area (Å²) < 4.78 is 5.75. The largest absolute Gasteiger partial charge is 0.489 e. The van der Waals surface area contributed by atoms with Crippen LogP contribution in [0.3, 0.4) is 0 Å². The van der Waals surface area contributed by atoms with Gasteiger partial charge in [-0.15, -0.1) is 0 Å². The van der Waals surface area contributed by atoms with E-state index in [9.17, 15) is 0 Å². The molecular weight excluding hydrogens is 246 g/mol. The van der Waals surface area contributed by atoms with Crippen molar-refractivity contribution < 1.29 is 4.74 Å². The molecule has 3 heteroatoms. The Kier molecular flexibility index (Phi) is 2.88. The van der Waals surface area contributed by atoms with Gasteiger partial charge in [0.1, 0.15) is 12.4 Å². The van der Waals surface area contributed by atoms with E-state index < -0.39 is 0 Å². The number of benzene rings is 2. The Morgan fingerprint density at radius 2 is 1.94 bits per heavy atom. The molecule has 1 unspecified atom stereocenters. The topological polar surface area (TPSA) is 21.3 Å². The molecule has 1 heterocycles. The summed E-state index contributed by atoms with van der Waals surface area (Å²) in [5.41, 5.74) is 3.50. The van der Waals surface area contributed by atoms with Gasteiger partial charge in [-0.25, -0.2) is 0 Å². The number of ether oxygens (including phenoxy) is 1. The molecule has 0 radical (unpaired) electrons. The predicted molar refractivity (Wildman–Crippen MR) is 74.5 cm³/mol. The van der Waals surface area contributed by atoms with Crippen LogP contribution in [-0.4, -0.2) is 6.61 Å². The van der Waals surface area contributed by atoms with E-state index in [2.05, 4.69) is 36.5 Å². The number of aryl methyl sites for hydroxylation is 1. The van der Waals surface area contributed by atoms with Gasteiger partial charge in [0.15, 0.2) is 0 Å². The fourth-order valence-electron chi connectivity index (χ4n) is 2.12. The van der Waals surface area contributed by atoms with E-state index in [0.29, 0.717) is 11.6 Å². The SMILES string of the molecule is Cc1ccc(C2COc3cc(Cl)ccc3N2)cc1. The first kappa shape index (κ1) is 11.4. The number of hydrogen-bond acceptors (Lipinski definition) is 2. The van der Waals surface area contributed by atoms with Gasteiger partial charge in [-0.05, 0) is 24.6 Å². The standard InChI is InChI=1S/C15H14ClNO/c1-10-2-4-11(5-3-10)14-9-18-15-8-12(16)6-7-13(15)17-14/h2-8,14,17H,9H2,1H3. The van der Waals surface area contributed by atoms with Crippen molar-refractivity contribution in [3.63, 3.8) is 0 Å². The van der Waals surface area contributed by atoms with E-state index in [1.165, 1.54) is 11.1 Å². The first-order chi connectivity index (χ1) is 8.72. The van der Waals surface area contributed by atoms with Gasteiger partial charge in [0.05, 0.1) is 11.7 Å². The van der Waals surface area contributed by atoms with Gasteiger partial charge in [-0.3, -0.25) is 0 Å². The maximum atomic E-state index is 5.94. The first-order valence-electron chi connectivity index (χ1n) is 5.98. The van der Waals surface area contributed by atoms with Gasteiger partial charge in [0, 0.05) is 11.1 Å². The van der Waals surface area contributed by atoms with Crippen molar-refractivity contribution >= 4 is 17.3 Å². The summed E-state index contributed by atoms with van der Waals surface area (Å²) >= 11 is 5.94. The minimum atomic E-state index is 0.194. The van der Waals surface area contributed by atoms with E-state index in [-0.39, 0.29) is 6.04 Å². The highest BCUT2D eigenvalue weighted by Crippen LogP contribution is 2.35. The minimum Gasteiger partial charge on any atom is -0.489 e. The number of hydrogen-bond donors (Lipinski definition) is 1. The van der Waals surface area contributed by atoms with Crippen molar-refractivity contribution in [2.24, 2.45) is 0 Å². The zero-order chi connectivity index (χ0) is 12.5. The van der Waals surface area contributed by atoms with Crippen molar-refractivity contribution in [2.75, 3.05) is 11.9 Å². The summed E-state index contributed by atoms with van der Waals surface area (Å²) in [7, 11) is 0. The molecule has 1 N–H and O–H groups in total. The molecule has 0 aliphatic carbocycles. The molecule has 1 aliphatic rings. The van der Waals surface area contributed by atoms with Gasteiger partial charge < -0.3 is 10.1 Å². The molecular formula is C15H14ClNO. The molecule has 1 aliphatic heterocycles. The molecule has 3 rings (SSSR count). The molecule has 0 saturated carbocycles. The minimum absolute atomic E-state index is 0.194. The summed E-state index contributed by atoms with van der Waals surface area (Å²) in [5, 5.41) is 4.17. The van der Waals surface area contributed by atoms with Crippen molar-refractivity contribution in [1.82, 2.24) is 0 Å². The molecule has 0 aromatic heterocycles. The van der Waals surface area contributed by atoms with Crippen LogP contribution >= 0.6 is 11.6 Å². The molecule has 2 aromatic carbocycles. The quantitative estimate of drug-likeness (QED) is 0.829. The fraction of sp³-hybridized carbons (Fsp3) is 0.200. The van der Waals surface area contributed by atoms with Crippen LogP contribution < -0.4 is 10.1 Å². The van der Waals surface area contributed by atoms with Crippen molar-refractivity contribution in [3.8, 4) is 5.75 Å². The fourth-order valence-corrected chi connectivity index (χ4v) is 2.28. The number of halogens is 1. The molecule has 0 fully saturated rings. The third kappa shape index (κ3) is 2.16. The van der Waals surface area contributed by atoms with Crippen LogP contribution in [0.2, 0.25) is 5.02 Å². The van der Waals surface area contributed by atoms with Crippen LogP contribution in [0.4, 0.5) is 5.69 Å². The maximum absolute atomic E-state index is 5.94. The lowest BCUT2D eigenvalue weighted by Crippen LogP contribution is -2.23. The average Bonchev–Trinajstić information content (AvgIpc) is 2.39. The van der Waals surface area contributed by atoms with Crippen LogP contribution in [0.15, 0.2) is 42.5 Å². The first-order valence-corrected chi connectivity index (χ1v) is 6.35. The van der Waals surface area contributed by atoms with Crippen LogP contribution in [-0.2, 0) is 0 Å².